The van der Waals surface area contributed by atoms with Crippen molar-refractivity contribution in [2.45, 2.75) is 50.0 Å². The average molecular weight is 547 g/mol. The van der Waals surface area contributed by atoms with Crippen LogP contribution in [0.3, 0.4) is 0 Å². The minimum atomic E-state index is -3.57. The Kier molecular flexibility index (Phi) is 7.27. The Balaban J connectivity index is 1.23. The highest BCUT2D eigenvalue weighted by molar-refractivity contribution is 7.89. The first-order valence-electron chi connectivity index (χ1n) is 12.4. The lowest BCUT2D eigenvalue weighted by molar-refractivity contribution is 0.0746. The van der Waals surface area contributed by atoms with Gasteiger partial charge in [-0.05, 0) is 61.7 Å². The van der Waals surface area contributed by atoms with Crippen molar-refractivity contribution in [3.63, 3.8) is 0 Å². The molecule has 0 bridgehead atoms. The van der Waals surface area contributed by atoms with Crippen molar-refractivity contribution < 1.29 is 13.2 Å². The summed E-state index contributed by atoms with van der Waals surface area (Å²) in [5, 5.41) is 1.66. The molecule has 0 N–H and O–H groups in total. The van der Waals surface area contributed by atoms with E-state index < -0.39 is 10.0 Å². The predicted molar refractivity (Wildman–Crippen MR) is 146 cm³/mol. The smallest absolute Gasteiger partial charge is 0.253 e. The number of aromatic nitrogens is 1. The highest BCUT2D eigenvalue weighted by atomic mass is 35.5. The standard InChI is InChI=1S/C26H31ClN4O3S2/c1-18-22(27)12-13-23-24(18)28-26(35-23)31-16-14-30(15-17-31)25(32)19-8-10-21(11-9-19)36(33,34)29(2)20-6-4-3-5-7-20/h8-13,20H,3-7,14-17H2,1-2H3. The fraction of sp³-hybridized carbons (Fsp3) is 0.462. The minimum Gasteiger partial charge on any atom is -0.345 e. The first kappa shape index (κ1) is 25.4. The predicted octanol–water partition coefficient (Wildman–Crippen LogP) is 5.17. The Morgan fingerprint density at radius 3 is 2.36 bits per heavy atom. The van der Waals surface area contributed by atoms with Crippen LogP contribution in [0.4, 0.5) is 5.13 Å². The number of sulfonamides is 1. The number of anilines is 1. The molecule has 5 rings (SSSR count). The van der Waals surface area contributed by atoms with E-state index in [1.165, 1.54) is 10.7 Å². The number of thiazole rings is 1. The Hall–Kier alpha value is -2.20. The number of rotatable bonds is 5. The highest BCUT2D eigenvalue weighted by Crippen LogP contribution is 2.34. The maximum Gasteiger partial charge on any atom is 0.253 e. The molecule has 0 unspecified atom stereocenters. The number of piperazine rings is 1. The second-order valence-electron chi connectivity index (χ2n) is 9.63. The number of halogens is 1. The van der Waals surface area contributed by atoms with Crippen molar-refractivity contribution in [2.75, 3.05) is 38.1 Å². The molecule has 192 valence electrons. The average Bonchev–Trinajstić information content (AvgIpc) is 3.36. The van der Waals surface area contributed by atoms with Crippen molar-refractivity contribution >= 4 is 54.2 Å². The Bertz CT molecular complexity index is 1360. The van der Waals surface area contributed by atoms with Crippen LogP contribution in [0.2, 0.25) is 5.02 Å². The largest absolute Gasteiger partial charge is 0.345 e. The Morgan fingerprint density at radius 1 is 1.03 bits per heavy atom. The molecular weight excluding hydrogens is 516 g/mol. The van der Waals surface area contributed by atoms with Crippen molar-refractivity contribution in [1.29, 1.82) is 0 Å². The molecule has 0 spiro atoms. The molecule has 1 aliphatic carbocycles. The van der Waals surface area contributed by atoms with Gasteiger partial charge in [0.15, 0.2) is 5.13 Å². The number of hydrogen-bond donors (Lipinski definition) is 0. The first-order chi connectivity index (χ1) is 17.3. The van der Waals surface area contributed by atoms with E-state index >= 15 is 0 Å². The van der Waals surface area contributed by atoms with Crippen LogP contribution in [-0.4, -0.2) is 67.8 Å². The summed E-state index contributed by atoms with van der Waals surface area (Å²) < 4.78 is 28.8. The topological polar surface area (TPSA) is 73.8 Å². The van der Waals surface area contributed by atoms with Crippen molar-refractivity contribution in [1.82, 2.24) is 14.2 Å². The van der Waals surface area contributed by atoms with Crippen LogP contribution in [0.15, 0.2) is 41.3 Å². The van der Waals surface area contributed by atoms with Gasteiger partial charge in [0, 0.05) is 49.9 Å². The molecule has 0 atom stereocenters. The van der Waals surface area contributed by atoms with E-state index in [1.807, 2.05) is 24.0 Å². The van der Waals surface area contributed by atoms with Gasteiger partial charge in [0.1, 0.15) is 0 Å². The van der Waals surface area contributed by atoms with E-state index in [9.17, 15) is 13.2 Å². The molecule has 1 saturated carbocycles. The second-order valence-corrected chi connectivity index (χ2v) is 13.0. The number of fused-ring (bicyclic) bond motifs is 1. The normalized spacial score (nSPS) is 17.8. The van der Waals surface area contributed by atoms with Crippen LogP contribution in [0.1, 0.15) is 48.0 Å². The number of amides is 1. The van der Waals surface area contributed by atoms with Gasteiger partial charge in [0.05, 0.1) is 15.1 Å². The van der Waals surface area contributed by atoms with E-state index in [-0.39, 0.29) is 16.8 Å². The van der Waals surface area contributed by atoms with Crippen LogP contribution in [0, 0.1) is 6.92 Å². The van der Waals surface area contributed by atoms with Gasteiger partial charge in [0.25, 0.3) is 5.91 Å². The third-order valence-electron chi connectivity index (χ3n) is 7.44. The Labute approximate surface area is 221 Å². The molecule has 2 aromatic carbocycles. The molecule has 10 heteroatoms. The molecule has 1 amide bonds. The summed E-state index contributed by atoms with van der Waals surface area (Å²) in [5.41, 5.74) is 2.43. The Morgan fingerprint density at radius 2 is 1.69 bits per heavy atom. The zero-order valence-electron chi connectivity index (χ0n) is 20.6. The first-order valence-corrected chi connectivity index (χ1v) is 15.1. The maximum atomic E-state index is 13.1. The zero-order chi connectivity index (χ0) is 25.4. The molecule has 1 aromatic heterocycles. The number of hydrogen-bond acceptors (Lipinski definition) is 6. The van der Waals surface area contributed by atoms with E-state index in [0.29, 0.717) is 36.8 Å². The number of nitrogens with zero attached hydrogens (tertiary/aromatic N) is 4. The lowest BCUT2D eigenvalue weighted by atomic mass is 9.96. The molecular formula is C26H31ClN4O3S2. The number of carbonyl (C=O) groups is 1. The van der Waals surface area contributed by atoms with Crippen LogP contribution in [0.25, 0.3) is 10.2 Å². The summed E-state index contributed by atoms with van der Waals surface area (Å²) in [6.45, 7) is 4.53. The zero-order valence-corrected chi connectivity index (χ0v) is 23.0. The van der Waals surface area contributed by atoms with E-state index in [0.717, 1.165) is 46.6 Å². The van der Waals surface area contributed by atoms with Crippen LogP contribution in [-0.2, 0) is 10.0 Å². The lowest BCUT2D eigenvalue weighted by Crippen LogP contribution is -2.48. The van der Waals surface area contributed by atoms with E-state index in [1.54, 1.807) is 42.6 Å². The SMILES string of the molecule is Cc1c(Cl)ccc2sc(N3CCN(C(=O)c4ccc(S(=O)(=O)N(C)C5CCCCC5)cc4)CC3)nc12. The molecule has 2 fully saturated rings. The van der Waals surface area contributed by atoms with Gasteiger partial charge in [-0.3, -0.25) is 4.79 Å². The molecule has 0 radical (unpaired) electrons. The van der Waals surface area contributed by atoms with Gasteiger partial charge < -0.3 is 9.80 Å². The summed E-state index contributed by atoms with van der Waals surface area (Å²) in [7, 11) is -1.90. The fourth-order valence-corrected chi connectivity index (χ4v) is 7.73. The van der Waals surface area contributed by atoms with Gasteiger partial charge in [-0.25, -0.2) is 13.4 Å². The molecule has 2 heterocycles. The van der Waals surface area contributed by atoms with Crippen molar-refractivity contribution in [2.24, 2.45) is 0 Å². The second kappa shape index (κ2) is 10.3. The van der Waals surface area contributed by atoms with Gasteiger partial charge in [-0.2, -0.15) is 4.31 Å². The molecule has 1 aliphatic heterocycles. The summed E-state index contributed by atoms with van der Waals surface area (Å²) in [6.07, 6.45) is 5.12. The van der Waals surface area contributed by atoms with Crippen LogP contribution >= 0.6 is 22.9 Å². The number of carbonyl (C=O) groups excluding carboxylic acids is 1. The molecule has 2 aliphatic rings. The minimum absolute atomic E-state index is 0.0534. The monoisotopic (exact) mass is 546 g/mol. The molecule has 1 saturated heterocycles. The number of benzene rings is 2. The molecule has 3 aromatic rings. The van der Waals surface area contributed by atoms with Crippen LogP contribution in [0.5, 0.6) is 0 Å². The lowest BCUT2D eigenvalue weighted by Gasteiger charge is -2.34. The fourth-order valence-electron chi connectivity index (χ4n) is 5.08. The number of aryl methyl sites for hydroxylation is 1. The van der Waals surface area contributed by atoms with Gasteiger partial charge >= 0.3 is 0 Å². The maximum absolute atomic E-state index is 13.1. The van der Waals surface area contributed by atoms with Gasteiger partial charge in [-0.15, -0.1) is 0 Å². The third-order valence-corrected chi connectivity index (χ3v) is 10.9. The van der Waals surface area contributed by atoms with Crippen LogP contribution < -0.4 is 4.90 Å². The van der Waals surface area contributed by atoms with Crippen molar-refractivity contribution in [3.8, 4) is 0 Å². The van der Waals surface area contributed by atoms with Gasteiger partial charge in [-0.1, -0.05) is 42.2 Å². The van der Waals surface area contributed by atoms with Crippen molar-refractivity contribution in [3.05, 3.63) is 52.5 Å². The molecule has 36 heavy (non-hydrogen) atoms. The van der Waals surface area contributed by atoms with Gasteiger partial charge in [0.2, 0.25) is 10.0 Å². The van der Waals surface area contributed by atoms with E-state index in [2.05, 4.69) is 4.90 Å². The summed E-state index contributed by atoms with van der Waals surface area (Å²) in [4.78, 5) is 22.2. The summed E-state index contributed by atoms with van der Waals surface area (Å²) in [5.74, 6) is -0.0776. The van der Waals surface area contributed by atoms with E-state index in [4.69, 9.17) is 16.6 Å². The third kappa shape index (κ3) is 4.86. The summed E-state index contributed by atoms with van der Waals surface area (Å²) in [6, 6.07) is 10.4. The molecule has 7 nitrogen and oxygen atoms in total. The highest BCUT2D eigenvalue weighted by Gasteiger charge is 2.30. The summed E-state index contributed by atoms with van der Waals surface area (Å²) >= 11 is 7.89. The quantitative estimate of drug-likeness (QED) is 0.441.